The van der Waals surface area contributed by atoms with Gasteiger partial charge < -0.3 is 14.1 Å². The van der Waals surface area contributed by atoms with Gasteiger partial charge in [-0.3, -0.25) is 14.9 Å². The molecule has 0 atom stereocenters. The molecule has 2 aromatic rings. The number of ether oxygens (including phenoxy) is 1. The zero-order valence-electron chi connectivity index (χ0n) is 15.8. The van der Waals surface area contributed by atoms with Crippen molar-refractivity contribution >= 4 is 17.6 Å². The van der Waals surface area contributed by atoms with Crippen molar-refractivity contribution in [1.82, 2.24) is 9.88 Å². The molecule has 0 bridgehead atoms. The smallest absolute Gasteiger partial charge is 0.360 e. The normalized spacial score (nSPS) is 11.1. The van der Waals surface area contributed by atoms with E-state index in [1.807, 2.05) is 20.8 Å². The number of methoxy groups -OCH3 is 1. The molecule has 0 aliphatic heterocycles. The van der Waals surface area contributed by atoms with Gasteiger partial charge in [-0.2, -0.15) is 0 Å². The van der Waals surface area contributed by atoms with Gasteiger partial charge in [0.1, 0.15) is 6.26 Å². The maximum atomic E-state index is 13.0. The molecule has 144 valence electrons. The number of hydrogen-bond donors (Lipinski definition) is 0. The molecule has 27 heavy (non-hydrogen) atoms. The summed E-state index contributed by atoms with van der Waals surface area (Å²) in [5.41, 5.74) is -0.105. The van der Waals surface area contributed by atoms with Gasteiger partial charge in [0.2, 0.25) is 5.89 Å². The average molecular weight is 375 g/mol. The summed E-state index contributed by atoms with van der Waals surface area (Å²) in [6.07, 6.45) is 1.16. The number of rotatable bonds is 5. The minimum Gasteiger partial charge on any atom is -0.464 e. The van der Waals surface area contributed by atoms with Crippen molar-refractivity contribution in [3.8, 4) is 0 Å². The Bertz CT molecular complexity index is 881. The lowest BCUT2D eigenvalue weighted by Gasteiger charge is -2.34. The molecule has 9 heteroatoms. The minimum absolute atomic E-state index is 0.000202. The zero-order chi connectivity index (χ0) is 20.4. The molecule has 0 saturated heterocycles. The van der Waals surface area contributed by atoms with Crippen molar-refractivity contribution < 1.29 is 23.7 Å². The summed E-state index contributed by atoms with van der Waals surface area (Å²) < 4.78 is 9.85. The van der Waals surface area contributed by atoms with E-state index in [1.54, 1.807) is 13.0 Å². The van der Waals surface area contributed by atoms with Crippen molar-refractivity contribution in [2.45, 2.75) is 39.8 Å². The van der Waals surface area contributed by atoms with Crippen molar-refractivity contribution in [3.05, 3.63) is 57.3 Å². The van der Waals surface area contributed by atoms with E-state index in [9.17, 15) is 19.7 Å². The minimum atomic E-state index is -0.646. The van der Waals surface area contributed by atoms with Crippen molar-refractivity contribution in [1.29, 1.82) is 0 Å². The molecule has 1 heterocycles. The Morgan fingerprint density at radius 3 is 2.56 bits per heavy atom. The first-order chi connectivity index (χ1) is 12.5. The lowest BCUT2D eigenvalue weighted by molar-refractivity contribution is -0.385. The van der Waals surface area contributed by atoms with Gasteiger partial charge in [-0.25, -0.2) is 9.78 Å². The van der Waals surface area contributed by atoms with Crippen LogP contribution in [0, 0.1) is 17.0 Å². The van der Waals surface area contributed by atoms with E-state index < -0.39 is 22.3 Å². The number of aromatic nitrogens is 1. The summed E-state index contributed by atoms with van der Waals surface area (Å²) in [6, 6.07) is 4.33. The predicted molar refractivity (Wildman–Crippen MR) is 95.3 cm³/mol. The van der Waals surface area contributed by atoms with E-state index in [0.29, 0.717) is 5.56 Å². The number of amides is 1. The van der Waals surface area contributed by atoms with Gasteiger partial charge in [0.05, 0.1) is 18.6 Å². The van der Waals surface area contributed by atoms with Crippen LogP contribution in [0.4, 0.5) is 5.69 Å². The number of esters is 1. The number of hydrogen-bond acceptors (Lipinski definition) is 7. The van der Waals surface area contributed by atoms with Crippen molar-refractivity contribution in [3.63, 3.8) is 0 Å². The molecule has 2 rings (SSSR count). The van der Waals surface area contributed by atoms with Crippen LogP contribution >= 0.6 is 0 Å². The van der Waals surface area contributed by atoms with Crippen molar-refractivity contribution in [2.24, 2.45) is 0 Å². The van der Waals surface area contributed by atoms with Gasteiger partial charge in [-0.1, -0.05) is 6.07 Å². The highest BCUT2D eigenvalue weighted by Crippen LogP contribution is 2.24. The number of nitro groups is 1. The van der Waals surface area contributed by atoms with E-state index in [4.69, 9.17) is 4.42 Å². The van der Waals surface area contributed by atoms with Crippen molar-refractivity contribution in [2.75, 3.05) is 7.11 Å². The van der Waals surface area contributed by atoms with Crippen LogP contribution in [-0.2, 0) is 11.3 Å². The monoisotopic (exact) mass is 375 g/mol. The Morgan fingerprint density at radius 1 is 1.33 bits per heavy atom. The summed E-state index contributed by atoms with van der Waals surface area (Å²) in [4.78, 5) is 40.7. The molecule has 9 nitrogen and oxygen atoms in total. The van der Waals surface area contributed by atoms with E-state index in [2.05, 4.69) is 9.72 Å². The van der Waals surface area contributed by atoms with E-state index >= 15 is 0 Å². The number of nitro benzene ring substituents is 1. The van der Waals surface area contributed by atoms with Gasteiger partial charge in [0, 0.05) is 22.7 Å². The lowest BCUT2D eigenvalue weighted by Crippen LogP contribution is -2.45. The fourth-order valence-corrected chi connectivity index (χ4v) is 2.43. The Hall–Kier alpha value is -3.23. The average Bonchev–Trinajstić information content (AvgIpc) is 3.06. The molecule has 0 fully saturated rings. The molecule has 0 unspecified atom stereocenters. The van der Waals surface area contributed by atoms with Crippen LogP contribution < -0.4 is 0 Å². The predicted octanol–water partition coefficient (Wildman–Crippen LogP) is 3.12. The highest BCUT2D eigenvalue weighted by Gasteiger charge is 2.30. The first kappa shape index (κ1) is 20.1. The molecule has 0 aliphatic carbocycles. The first-order valence-electron chi connectivity index (χ1n) is 8.14. The number of nitrogens with zero attached hydrogens (tertiary/aromatic N) is 3. The third-order valence-corrected chi connectivity index (χ3v) is 3.95. The standard InChI is InChI=1S/C18H21N3O6/c1-11-6-7-12(8-14(11)21(24)25)16(22)20(18(2,3)4)9-15-19-13(10-27-15)17(23)26-5/h6-8,10H,9H2,1-5H3. The summed E-state index contributed by atoms with van der Waals surface area (Å²) in [6.45, 7) is 7.04. The Labute approximate surface area is 156 Å². The van der Waals surface area contributed by atoms with Gasteiger partial charge in [-0.15, -0.1) is 0 Å². The fraction of sp³-hybridized carbons (Fsp3) is 0.389. The molecule has 0 N–H and O–H groups in total. The molecule has 0 saturated carbocycles. The third kappa shape index (κ3) is 4.49. The number of carbonyl (C=O) groups excluding carboxylic acids is 2. The van der Waals surface area contributed by atoms with Gasteiger partial charge in [0.25, 0.3) is 11.6 Å². The fourth-order valence-electron chi connectivity index (χ4n) is 2.43. The third-order valence-electron chi connectivity index (χ3n) is 3.95. The quantitative estimate of drug-likeness (QED) is 0.448. The Morgan fingerprint density at radius 2 is 2.00 bits per heavy atom. The topological polar surface area (TPSA) is 116 Å². The molecule has 1 aromatic carbocycles. The van der Waals surface area contributed by atoms with Crippen LogP contribution in [0.25, 0.3) is 0 Å². The number of oxazole rings is 1. The van der Waals surface area contributed by atoms with E-state index in [0.717, 1.165) is 6.26 Å². The van der Waals surface area contributed by atoms with Gasteiger partial charge >= 0.3 is 5.97 Å². The van der Waals surface area contributed by atoms with E-state index in [-0.39, 0.29) is 29.4 Å². The van der Waals surface area contributed by atoms with Gasteiger partial charge in [0.15, 0.2) is 5.69 Å². The van der Waals surface area contributed by atoms with Gasteiger partial charge in [-0.05, 0) is 33.8 Å². The second-order valence-electron chi connectivity index (χ2n) is 6.94. The van der Waals surface area contributed by atoms with E-state index in [1.165, 1.54) is 24.1 Å². The number of aryl methyl sites for hydroxylation is 1. The van der Waals surface area contributed by atoms with Crippen LogP contribution in [0.15, 0.2) is 28.9 Å². The highest BCUT2D eigenvalue weighted by atomic mass is 16.6. The maximum Gasteiger partial charge on any atom is 0.360 e. The zero-order valence-corrected chi connectivity index (χ0v) is 15.8. The maximum absolute atomic E-state index is 13.0. The van der Waals surface area contributed by atoms with Crippen LogP contribution in [0.3, 0.4) is 0 Å². The Kier molecular flexibility index (Phi) is 5.63. The second kappa shape index (κ2) is 7.56. The Balaban J connectivity index is 2.35. The molecule has 1 amide bonds. The number of benzene rings is 1. The van der Waals surface area contributed by atoms with Crippen LogP contribution in [0.1, 0.15) is 53.1 Å². The molecule has 1 aromatic heterocycles. The summed E-state index contributed by atoms with van der Waals surface area (Å²) in [5.74, 6) is -0.906. The summed E-state index contributed by atoms with van der Waals surface area (Å²) in [7, 11) is 1.23. The molecular weight excluding hydrogens is 354 g/mol. The largest absolute Gasteiger partial charge is 0.464 e. The first-order valence-corrected chi connectivity index (χ1v) is 8.14. The molecule has 0 spiro atoms. The highest BCUT2D eigenvalue weighted by molar-refractivity contribution is 5.95. The SMILES string of the molecule is COC(=O)c1coc(CN(C(=O)c2ccc(C)c([N+](=O)[O-])c2)C(C)(C)C)n1. The van der Waals surface area contributed by atoms with Crippen LogP contribution in [0.5, 0.6) is 0 Å². The number of carbonyl (C=O) groups is 2. The van der Waals surface area contributed by atoms with Crippen LogP contribution in [-0.4, -0.2) is 39.3 Å². The molecular formula is C18H21N3O6. The summed E-state index contributed by atoms with van der Waals surface area (Å²) >= 11 is 0. The second-order valence-corrected chi connectivity index (χ2v) is 6.94. The molecule has 0 radical (unpaired) electrons. The lowest BCUT2D eigenvalue weighted by atomic mass is 10.0. The summed E-state index contributed by atoms with van der Waals surface area (Å²) in [5, 5.41) is 11.2. The molecule has 0 aliphatic rings. The van der Waals surface area contributed by atoms with Crippen LogP contribution in [0.2, 0.25) is 0 Å².